The molecule has 62 valence electrons. The van der Waals surface area contributed by atoms with Crippen molar-refractivity contribution >= 4 is 29.2 Å². The zero-order valence-electron chi connectivity index (χ0n) is 6.02. The van der Waals surface area contributed by atoms with E-state index < -0.39 is 11.8 Å². The van der Waals surface area contributed by atoms with Crippen molar-refractivity contribution in [1.29, 1.82) is 0 Å². The predicted molar refractivity (Wildman–Crippen MR) is 39.2 cm³/mol. The highest BCUT2D eigenvalue weighted by Gasteiger charge is 2.07. The van der Waals surface area contributed by atoms with E-state index in [1.165, 1.54) is 6.92 Å². The summed E-state index contributed by atoms with van der Waals surface area (Å²) in [5.41, 5.74) is 0. The van der Waals surface area contributed by atoms with Crippen molar-refractivity contribution in [2.45, 2.75) is 13.3 Å². The average Bonchev–Trinajstić information content (AvgIpc) is 1.85. The number of ketones is 1. The molecule has 0 rings (SSSR count). The third-order valence-corrected chi connectivity index (χ3v) is 1.05. The van der Waals surface area contributed by atoms with Crippen LogP contribution >= 0.6 is 11.6 Å². The third kappa shape index (κ3) is 5.54. The van der Waals surface area contributed by atoms with Gasteiger partial charge in [0.05, 0.1) is 6.42 Å². The van der Waals surface area contributed by atoms with Crippen LogP contribution in [-0.2, 0) is 14.4 Å². The normalized spacial score (nSPS) is 8.91. The Morgan fingerprint density at radius 2 is 1.82 bits per heavy atom. The molecular formula is C6H8ClNO3. The lowest BCUT2D eigenvalue weighted by atomic mass is 10.3. The van der Waals surface area contributed by atoms with Crippen LogP contribution in [0.4, 0.5) is 0 Å². The molecule has 0 aliphatic carbocycles. The molecule has 0 aromatic rings. The van der Waals surface area contributed by atoms with Gasteiger partial charge < -0.3 is 0 Å². The molecule has 2 amide bonds. The molecule has 0 fully saturated rings. The van der Waals surface area contributed by atoms with Gasteiger partial charge in [-0.15, -0.1) is 11.6 Å². The smallest absolute Gasteiger partial charge is 0.241 e. The first-order chi connectivity index (χ1) is 5.06. The second kappa shape index (κ2) is 4.85. The van der Waals surface area contributed by atoms with Crippen molar-refractivity contribution in [3.63, 3.8) is 0 Å². The van der Waals surface area contributed by atoms with E-state index in [-0.39, 0.29) is 18.1 Å². The highest BCUT2D eigenvalue weighted by Crippen LogP contribution is 1.82. The van der Waals surface area contributed by atoms with Crippen LogP contribution in [0.25, 0.3) is 0 Å². The topological polar surface area (TPSA) is 63.2 Å². The van der Waals surface area contributed by atoms with E-state index in [4.69, 9.17) is 11.6 Å². The summed E-state index contributed by atoms with van der Waals surface area (Å²) in [6, 6.07) is 0. The molecule has 0 atom stereocenters. The molecule has 5 heteroatoms. The molecule has 0 aliphatic rings. The Labute approximate surface area is 68.9 Å². The van der Waals surface area contributed by atoms with Gasteiger partial charge >= 0.3 is 0 Å². The van der Waals surface area contributed by atoms with E-state index in [0.717, 1.165) is 0 Å². The first kappa shape index (κ1) is 10.1. The molecule has 4 nitrogen and oxygen atoms in total. The number of hydrogen-bond donors (Lipinski definition) is 1. The molecule has 11 heavy (non-hydrogen) atoms. The first-order valence-corrected chi connectivity index (χ1v) is 3.47. The Kier molecular flexibility index (Phi) is 4.45. The Bertz CT molecular complexity index is 190. The van der Waals surface area contributed by atoms with Gasteiger partial charge in [0.25, 0.3) is 0 Å². The van der Waals surface area contributed by atoms with E-state index >= 15 is 0 Å². The van der Waals surface area contributed by atoms with Gasteiger partial charge in [0, 0.05) is 0 Å². The number of nitrogens with one attached hydrogen (secondary N) is 1. The Balaban J connectivity index is 3.70. The van der Waals surface area contributed by atoms with Gasteiger partial charge in [0.15, 0.2) is 0 Å². The maximum absolute atomic E-state index is 10.6. The summed E-state index contributed by atoms with van der Waals surface area (Å²) in [6.45, 7) is 1.27. The monoisotopic (exact) mass is 177 g/mol. The SMILES string of the molecule is CC(=O)CC(=O)NC(=O)CCl. The van der Waals surface area contributed by atoms with E-state index in [1.807, 2.05) is 5.32 Å². The van der Waals surface area contributed by atoms with Crippen LogP contribution in [0.15, 0.2) is 0 Å². The number of alkyl halides is 1. The summed E-state index contributed by atoms with van der Waals surface area (Å²) in [7, 11) is 0. The van der Waals surface area contributed by atoms with Crippen molar-refractivity contribution in [2.24, 2.45) is 0 Å². The minimum absolute atomic E-state index is 0.274. The number of carbonyl (C=O) groups excluding carboxylic acids is 3. The summed E-state index contributed by atoms with van der Waals surface area (Å²) < 4.78 is 0. The highest BCUT2D eigenvalue weighted by atomic mass is 35.5. The molecule has 0 bridgehead atoms. The molecule has 1 N–H and O–H groups in total. The van der Waals surface area contributed by atoms with E-state index in [9.17, 15) is 14.4 Å². The van der Waals surface area contributed by atoms with Crippen molar-refractivity contribution in [2.75, 3.05) is 5.88 Å². The molecule has 0 saturated heterocycles. The molecule has 0 heterocycles. The minimum atomic E-state index is -0.608. The molecule has 0 aliphatic heterocycles. The van der Waals surface area contributed by atoms with Gasteiger partial charge in [-0.3, -0.25) is 19.7 Å². The van der Waals surface area contributed by atoms with E-state index in [1.54, 1.807) is 0 Å². The van der Waals surface area contributed by atoms with Crippen LogP contribution < -0.4 is 5.32 Å². The van der Waals surface area contributed by atoms with Crippen molar-refractivity contribution in [3.8, 4) is 0 Å². The van der Waals surface area contributed by atoms with Crippen LogP contribution in [0.5, 0.6) is 0 Å². The van der Waals surface area contributed by atoms with Gasteiger partial charge in [-0.05, 0) is 6.92 Å². The fourth-order valence-electron chi connectivity index (χ4n) is 0.459. The summed E-state index contributed by atoms with van der Waals surface area (Å²) in [5, 5.41) is 1.93. The standard InChI is InChI=1S/C6H8ClNO3/c1-4(9)2-5(10)8-6(11)3-7/h2-3H2,1H3,(H,8,10,11). The zero-order chi connectivity index (χ0) is 8.85. The second-order valence-electron chi connectivity index (χ2n) is 1.98. The predicted octanol–water partition coefficient (Wildman–Crippen LogP) is -0.153. The first-order valence-electron chi connectivity index (χ1n) is 2.94. The number of amides is 2. The van der Waals surface area contributed by atoms with Crippen LogP contribution in [0.1, 0.15) is 13.3 Å². The summed E-state index contributed by atoms with van der Waals surface area (Å²) in [6.07, 6.45) is -0.275. The fourth-order valence-corrected chi connectivity index (χ4v) is 0.526. The lowest BCUT2D eigenvalue weighted by Crippen LogP contribution is -2.32. The fraction of sp³-hybridized carbons (Fsp3) is 0.500. The molecule has 0 aromatic heterocycles. The van der Waals surface area contributed by atoms with Gasteiger partial charge in [-0.1, -0.05) is 0 Å². The number of imide groups is 1. The number of halogens is 1. The summed E-state index contributed by atoms with van der Waals surface area (Å²) in [4.78, 5) is 31.4. The largest absolute Gasteiger partial charge is 0.299 e. The Morgan fingerprint density at radius 3 is 2.18 bits per heavy atom. The Morgan fingerprint density at radius 1 is 1.27 bits per heavy atom. The van der Waals surface area contributed by atoms with Crippen LogP contribution in [-0.4, -0.2) is 23.5 Å². The van der Waals surface area contributed by atoms with Gasteiger partial charge in [0.1, 0.15) is 11.7 Å². The van der Waals surface area contributed by atoms with Gasteiger partial charge in [0.2, 0.25) is 11.8 Å². The molecule has 0 aromatic carbocycles. The molecular weight excluding hydrogens is 170 g/mol. The molecule has 0 unspecified atom stereocenters. The molecule has 0 spiro atoms. The maximum Gasteiger partial charge on any atom is 0.241 e. The summed E-state index contributed by atoms with van der Waals surface area (Å²) >= 11 is 5.08. The number of carbonyl (C=O) groups is 3. The zero-order valence-corrected chi connectivity index (χ0v) is 6.77. The van der Waals surface area contributed by atoms with Crippen molar-refractivity contribution < 1.29 is 14.4 Å². The van der Waals surface area contributed by atoms with Crippen molar-refractivity contribution in [3.05, 3.63) is 0 Å². The molecule has 0 radical (unpaired) electrons. The lowest BCUT2D eigenvalue weighted by molar-refractivity contribution is -0.131. The minimum Gasteiger partial charge on any atom is -0.299 e. The van der Waals surface area contributed by atoms with Crippen molar-refractivity contribution in [1.82, 2.24) is 5.32 Å². The average molecular weight is 178 g/mol. The highest BCUT2D eigenvalue weighted by molar-refractivity contribution is 6.28. The van der Waals surface area contributed by atoms with Crippen LogP contribution in [0.2, 0.25) is 0 Å². The number of rotatable bonds is 3. The van der Waals surface area contributed by atoms with Gasteiger partial charge in [-0.2, -0.15) is 0 Å². The number of hydrogen-bond acceptors (Lipinski definition) is 3. The van der Waals surface area contributed by atoms with Gasteiger partial charge in [-0.25, -0.2) is 0 Å². The quantitative estimate of drug-likeness (QED) is 0.482. The second-order valence-corrected chi connectivity index (χ2v) is 2.25. The molecule has 0 saturated carbocycles. The van der Waals surface area contributed by atoms with Crippen LogP contribution in [0, 0.1) is 0 Å². The lowest BCUT2D eigenvalue weighted by Gasteiger charge is -1.97. The van der Waals surface area contributed by atoms with E-state index in [0.29, 0.717) is 0 Å². The Hall–Kier alpha value is -0.900. The van der Waals surface area contributed by atoms with E-state index in [2.05, 4.69) is 0 Å². The third-order valence-electron chi connectivity index (χ3n) is 0.810. The maximum atomic E-state index is 10.6. The summed E-state index contributed by atoms with van der Waals surface area (Å²) in [5.74, 6) is -1.75. The van der Waals surface area contributed by atoms with Crippen LogP contribution in [0.3, 0.4) is 0 Å². The number of Topliss-reactive ketones (excluding diaryl/α,β-unsaturated/α-hetero) is 1.